The van der Waals surface area contributed by atoms with Gasteiger partial charge in [-0.3, -0.25) is 0 Å². The fourth-order valence-electron chi connectivity index (χ4n) is 2.46. The third kappa shape index (κ3) is 4.15. The predicted molar refractivity (Wildman–Crippen MR) is 77.7 cm³/mol. The van der Waals surface area contributed by atoms with Gasteiger partial charge in [-0.15, -0.1) is 0 Å². The minimum absolute atomic E-state index is 0.217. The molecule has 1 fully saturated rings. The number of ether oxygens (including phenoxy) is 1. The van der Waals surface area contributed by atoms with Gasteiger partial charge in [0.25, 0.3) is 0 Å². The number of carbonyl (C=O) groups excluding carboxylic acids is 1. The lowest BCUT2D eigenvalue weighted by Gasteiger charge is -2.24. The summed E-state index contributed by atoms with van der Waals surface area (Å²) in [6, 6.07) is 7.28. The number of phenols is 1. The Labute approximate surface area is 120 Å². The Kier molecular flexibility index (Phi) is 4.21. The van der Waals surface area contributed by atoms with Gasteiger partial charge >= 0.3 is 6.09 Å². The number of rotatable bonds is 2. The average Bonchev–Trinajstić information content (AvgIpc) is 2.79. The van der Waals surface area contributed by atoms with Crippen molar-refractivity contribution in [1.82, 2.24) is 4.90 Å². The van der Waals surface area contributed by atoms with Crippen LogP contribution in [0, 0.1) is 5.92 Å². The summed E-state index contributed by atoms with van der Waals surface area (Å²) < 4.78 is 5.39. The van der Waals surface area contributed by atoms with Crippen LogP contribution >= 0.6 is 0 Å². The highest BCUT2D eigenvalue weighted by molar-refractivity contribution is 5.68. The maximum Gasteiger partial charge on any atom is 0.410 e. The van der Waals surface area contributed by atoms with Crippen molar-refractivity contribution in [2.24, 2.45) is 5.92 Å². The molecule has 4 heteroatoms. The van der Waals surface area contributed by atoms with Crippen molar-refractivity contribution in [3.05, 3.63) is 29.8 Å². The molecule has 110 valence electrons. The van der Waals surface area contributed by atoms with Crippen LogP contribution < -0.4 is 0 Å². The number of nitrogens with zero attached hydrogens (tertiary/aromatic N) is 1. The second-order valence-electron chi connectivity index (χ2n) is 6.45. The van der Waals surface area contributed by atoms with E-state index in [1.54, 1.807) is 17.0 Å². The highest BCUT2D eigenvalue weighted by Crippen LogP contribution is 2.23. The van der Waals surface area contributed by atoms with Gasteiger partial charge in [-0.05, 0) is 57.2 Å². The van der Waals surface area contributed by atoms with Crippen LogP contribution in [0.4, 0.5) is 4.79 Å². The molecule has 0 aromatic heterocycles. The van der Waals surface area contributed by atoms with Crippen LogP contribution in [0.25, 0.3) is 0 Å². The van der Waals surface area contributed by atoms with Crippen molar-refractivity contribution in [1.29, 1.82) is 0 Å². The molecule has 0 radical (unpaired) electrons. The van der Waals surface area contributed by atoms with E-state index in [9.17, 15) is 9.90 Å². The van der Waals surface area contributed by atoms with E-state index < -0.39 is 5.60 Å². The first-order chi connectivity index (χ1) is 9.33. The lowest BCUT2D eigenvalue weighted by Crippen LogP contribution is -2.35. The lowest BCUT2D eigenvalue weighted by atomic mass is 9.99. The van der Waals surface area contributed by atoms with Gasteiger partial charge in [-0.1, -0.05) is 12.1 Å². The van der Waals surface area contributed by atoms with E-state index >= 15 is 0 Å². The highest BCUT2D eigenvalue weighted by atomic mass is 16.6. The molecule has 0 aliphatic carbocycles. The van der Waals surface area contributed by atoms with E-state index in [1.807, 2.05) is 32.9 Å². The van der Waals surface area contributed by atoms with Gasteiger partial charge in [0.2, 0.25) is 0 Å². The number of benzene rings is 1. The SMILES string of the molecule is CC(C)(C)OC(=O)N1CCC(Cc2ccc(O)cc2)C1. The van der Waals surface area contributed by atoms with Crippen molar-refractivity contribution in [2.75, 3.05) is 13.1 Å². The topological polar surface area (TPSA) is 49.8 Å². The number of phenolic OH excluding ortho intramolecular Hbond substituents is 1. The van der Waals surface area contributed by atoms with Crippen molar-refractivity contribution < 1.29 is 14.6 Å². The summed E-state index contributed by atoms with van der Waals surface area (Å²) in [5.74, 6) is 0.752. The Bertz CT molecular complexity index is 462. The second kappa shape index (κ2) is 5.73. The van der Waals surface area contributed by atoms with E-state index in [-0.39, 0.29) is 11.8 Å². The maximum atomic E-state index is 12.0. The molecule has 2 rings (SSSR count). The fourth-order valence-corrected chi connectivity index (χ4v) is 2.46. The molecule has 1 aliphatic heterocycles. The molecule has 1 aliphatic rings. The zero-order valence-electron chi connectivity index (χ0n) is 12.4. The van der Waals surface area contributed by atoms with Crippen molar-refractivity contribution in [3.8, 4) is 5.75 Å². The molecule has 0 saturated carbocycles. The van der Waals surface area contributed by atoms with Gasteiger partial charge < -0.3 is 14.7 Å². The zero-order valence-corrected chi connectivity index (χ0v) is 12.4. The molecular formula is C16H23NO3. The third-order valence-corrected chi connectivity index (χ3v) is 3.40. The Morgan fingerprint density at radius 2 is 2.00 bits per heavy atom. The number of amides is 1. The van der Waals surface area contributed by atoms with E-state index in [0.29, 0.717) is 5.92 Å². The second-order valence-corrected chi connectivity index (χ2v) is 6.45. The van der Waals surface area contributed by atoms with Gasteiger partial charge in [0.05, 0.1) is 0 Å². The first-order valence-electron chi connectivity index (χ1n) is 7.09. The number of likely N-dealkylation sites (tertiary alicyclic amines) is 1. The molecule has 1 aromatic rings. The predicted octanol–water partition coefficient (Wildman–Crippen LogP) is 3.19. The van der Waals surface area contributed by atoms with Crippen LogP contribution in [0.1, 0.15) is 32.8 Å². The third-order valence-electron chi connectivity index (χ3n) is 3.40. The summed E-state index contributed by atoms with van der Waals surface area (Å²) in [5, 5.41) is 9.27. The molecule has 1 atom stereocenters. The first kappa shape index (κ1) is 14.7. The average molecular weight is 277 g/mol. The molecule has 0 spiro atoms. The van der Waals surface area contributed by atoms with E-state index in [2.05, 4.69) is 0 Å². The van der Waals surface area contributed by atoms with Crippen molar-refractivity contribution in [3.63, 3.8) is 0 Å². The Balaban J connectivity index is 1.86. The lowest BCUT2D eigenvalue weighted by molar-refractivity contribution is 0.0288. The fraction of sp³-hybridized carbons (Fsp3) is 0.562. The minimum Gasteiger partial charge on any atom is -0.508 e. The summed E-state index contributed by atoms with van der Waals surface area (Å²) in [6.45, 7) is 7.16. The summed E-state index contributed by atoms with van der Waals surface area (Å²) in [5.41, 5.74) is 0.755. The quantitative estimate of drug-likeness (QED) is 0.903. The van der Waals surface area contributed by atoms with Gasteiger partial charge in [0.15, 0.2) is 0 Å². The molecule has 0 bridgehead atoms. The monoisotopic (exact) mass is 277 g/mol. The molecule has 4 nitrogen and oxygen atoms in total. The van der Waals surface area contributed by atoms with Crippen LogP contribution in [0.2, 0.25) is 0 Å². The smallest absolute Gasteiger partial charge is 0.410 e. The van der Waals surface area contributed by atoms with Gasteiger partial charge in [-0.2, -0.15) is 0 Å². The Morgan fingerprint density at radius 3 is 2.60 bits per heavy atom. The summed E-state index contributed by atoms with van der Waals surface area (Å²) in [7, 11) is 0. The van der Waals surface area contributed by atoms with Crippen LogP contribution in [0.3, 0.4) is 0 Å². The molecule has 1 N–H and O–H groups in total. The minimum atomic E-state index is -0.438. The molecular weight excluding hydrogens is 254 g/mol. The van der Waals surface area contributed by atoms with Gasteiger partial charge in [-0.25, -0.2) is 4.79 Å². The standard InChI is InChI=1S/C16H23NO3/c1-16(2,3)20-15(19)17-9-8-13(11-17)10-12-4-6-14(18)7-5-12/h4-7,13,18H,8-11H2,1-3H3. The number of carbonyl (C=O) groups is 1. The van der Waals surface area contributed by atoms with E-state index in [1.165, 1.54) is 5.56 Å². The van der Waals surface area contributed by atoms with Crippen LogP contribution in [0.5, 0.6) is 5.75 Å². The van der Waals surface area contributed by atoms with E-state index in [0.717, 1.165) is 25.9 Å². The van der Waals surface area contributed by atoms with Gasteiger partial charge in [0, 0.05) is 13.1 Å². The Hall–Kier alpha value is -1.71. The molecule has 1 unspecified atom stereocenters. The number of hydrogen-bond acceptors (Lipinski definition) is 3. The van der Waals surface area contributed by atoms with Crippen LogP contribution in [0.15, 0.2) is 24.3 Å². The molecule has 1 saturated heterocycles. The van der Waals surface area contributed by atoms with Crippen LogP contribution in [-0.4, -0.2) is 34.8 Å². The largest absolute Gasteiger partial charge is 0.508 e. The summed E-state index contributed by atoms with van der Waals surface area (Å²) in [4.78, 5) is 13.8. The molecule has 1 heterocycles. The first-order valence-corrected chi connectivity index (χ1v) is 7.09. The zero-order chi connectivity index (χ0) is 14.8. The Morgan fingerprint density at radius 1 is 1.35 bits per heavy atom. The molecule has 20 heavy (non-hydrogen) atoms. The van der Waals surface area contributed by atoms with Gasteiger partial charge in [0.1, 0.15) is 11.4 Å². The molecule has 1 aromatic carbocycles. The maximum absolute atomic E-state index is 12.0. The molecule has 1 amide bonds. The van der Waals surface area contributed by atoms with E-state index in [4.69, 9.17) is 4.74 Å². The number of hydrogen-bond donors (Lipinski definition) is 1. The summed E-state index contributed by atoms with van der Waals surface area (Å²) >= 11 is 0. The van der Waals surface area contributed by atoms with Crippen LogP contribution in [-0.2, 0) is 11.2 Å². The van der Waals surface area contributed by atoms with Crippen molar-refractivity contribution >= 4 is 6.09 Å². The normalized spacial score (nSPS) is 19.1. The number of aromatic hydroxyl groups is 1. The highest BCUT2D eigenvalue weighted by Gasteiger charge is 2.29. The van der Waals surface area contributed by atoms with Crippen molar-refractivity contribution in [2.45, 2.75) is 39.2 Å². The summed E-state index contributed by atoms with van der Waals surface area (Å²) in [6.07, 6.45) is 1.71.